The second kappa shape index (κ2) is 11.0. The van der Waals surface area contributed by atoms with Gasteiger partial charge >= 0.3 is 0 Å². The molecule has 3 aliphatic rings. The number of ether oxygens (including phenoxy) is 1. The van der Waals surface area contributed by atoms with Crippen LogP contribution in [-0.2, 0) is 16.6 Å². The van der Waals surface area contributed by atoms with Gasteiger partial charge in [-0.25, -0.2) is 13.1 Å². The molecule has 1 atom stereocenters. The van der Waals surface area contributed by atoms with Gasteiger partial charge in [0.2, 0.25) is 10.0 Å². The number of aromatic nitrogens is 1. The fourth-order valence-electron chi connectivity index (χ4n) is 6.72. The van der Waals surface area contributed by atoms with Crippen LogP contribution in [0.3, 0.4) is 0 Å². The molecule has 0 spiro atoms. The van der Waals surface area contributed by atoms with Gasteiger partial charge in [0.1, 0.15) is 5.75 Å². The summed E-state index contributed by atoms with van der Waals surface area (Å²) in [6, 6.07) is 14.1. The van der Waals surface area contributed by atoms with Crippen LogP contribution in [0.4, 0.5) is 0 Å². The number of nitrogens with zero attached hydrogens (tertiary/aromatic N) is 2. The van der Waals surface area contributed by atoms with Crippen molar-refractivity contribution in [1.82, 2.24) is 14.2 Å². The fourth-order valence-corrected chi connectivity index (χ4v) is 7.81. The van der Waals surface area contributed by atoms with Crippen LogP contribution in [0.1, 0.15) is 73.2 Å². The van der Waals surface area contributed by atoms with Crippen LogP contribution in [-0.4, -0.2) is 56.3 Å². The third kappa shape index (κ3) is 5.46. The molecule has 1 N–H and O–H groups in total. The average molecular weight is 550 g/mol. The fraction of sp³-hybridized carbons (Fsp3) is 0.516. The number of hydrogen-bond acceptors (Lipinski definition) is 5. The van der Waals surface area contributed by atoms with Gasteiger partial charge in [-0.15, -0.1) is 0 Å². The molecular formula is C31H39N3O4S. The summed E-state index contributed by atoms with van der Waals surface area (Å²) in [5.41, 5.74) is 5.06. The highest BCUT2D eigenvalue weighted by Gasteiger charge is 2.31. The van der Waals surface area contributed by atoms with Crippen LogP contribution < -0.4 is 9.46 Å². The Bertz CT molecular complexity index is 1470. The van der Waals surface area contributed by atoms with Gasteiger partial charge in [-0.05, 0) is 88.0 Å². The maximum atomic E-state index is 13.2. The molecule has 7 nitrogen and oxygen atoms in total. The van der Waals surface area contributed by atoms with E-state index in [1.807, 2.05) is 18.2 Å². The first-order valence-electron chi connectivity index (χ1n) is 14.5. The summed E-state index contributed by atoms with van der Waals surface area (Å²) in [4.78, 5) is 15.5. The van der Waals surface area contributed by atoms with Crippen molar-refractivity contribution in [3.8, 4) is 17.0 Å². The van der Waals surface area contributed by atoms with Crippen molar-refractivity contribution >= 4 is 26.8 Å². The lowest BCUT2D eigenvalue weighted by Crippen LogP contribution is -2.33. The Balaban J connectivity index is 1.56. The first-order valence-corrected chi connectivity index (χ1v) is 16.2. The van der Waals surface area contributed by atoms with E-state index in [1.54, 1.807) is 6.07 Å². The number of para-hydroxylation sites is 1. The van der Waals surface area contributed by atoms with Gasteiger partial charge in [-0.2, -0.15) is 0 Å². The molecule has 2 aliphatic heterocycles. The van der Waals surface area contributed by atoms with Crippen molar-refractivity contribution in [2.24, 2.45) is 5.92 Å². The topological polar surface area (TPSA) is 80.6 Å². The van der Waals surface area contributed by atoms with Crippen molar-refractivity contribution in [3.05, 3.63) is 53.6 Å². The lowest BCUT2D eigenvalue weighted by atomic mass is 9.81. The molecule has 1 aliphatic carbocycles. The van der Waals surface area contributed by atoms with Crippen molar-refractivity contribution < 1.29 is 17.9 Å². The Morgan fingerprint density at radius 2 is 1.77 bits per heavy atom. The summed E-state index contributed by atoms with van der Waals surface area (Å²) >= 11 is 0. The number of benzene rings is 2. The number of carbonyl (C=O) groups excluding carboxylic acids is 1. The van der Waals surface area contributed by atoms with E-state index in [0.717, 1.165) is 62.1 Å². The van der Waals surface area contributed by atoms with E-state index in [2.05, 4.69) is 39.4 Å². The molecule has 6 rings (SSSR count). The Hall–Kier alpha value is -2.84. The summed E-state index contributed by atoms with van der Waals surface area (Å²) in [5.74, 6) is 1.06. The van der Waals surface area contributed by atoms with E-state index in [0.29, 0.717) is 30.4 Å². The lowest BCUT2D eigenvalue weighted by molar-refractivity contribution is 0.0981. The summed E-state index contributed by atoms with van der Waals surface area (Å²) in [6.45, 7) is 3.18. The van der Waals surface area contributed by atoms with Gasteiger partial charge < -0.3 is 14.2 Å². The van der Waals surface area contributed by atoms with Crippen molar-refractivity contribution in [2.45, 2.75) is 63.8 Å². The molecule has 1 fully saturated rings. The molecule has 8 heteroatoms. The van der Waals surface area contributed by atoms with E-state index in [4.69, 9.17) is 4.74 Å². The highest BCUT2D eigenvalue weighted by molar-refractivity contribution is 7.90. The van der Waals surface area contributed by atoms with Gasteiger partial charge in [0.25, 0.3) is 5.91 Å². The van der Waals surface area contributed by atoms with E-state index in [9.17, 15) is 13.2 Å². The maximum absolute atomic E-state index is 13.2. The second-order valence-corrected chi connectivity index (χ2v) is 13.5. The van der Waals surface area contributed by atoms with E-state index in [1.165, 1.54) is 35.9 Å². The predicted molar refractivity (Wildman–Crippen MR) is 155 cm³/mol. The van der Waals surface area contributed by atoms with Gasteiger partial charge in [-0.3, -0.25) is 4.79 Å². The Morgan fingerprint density at radius 1 is 0.949 bits per heavy atom. The van der Waals surface area contributed by atoms with Gasteiger partial charge in [0.05, 0.1) is 18.1 Å². The zero-order valence-electron chi connectivity index (χ0n) is 22.8. The number of nitrogens with one attached hydrogen (secondary N) is 1. The van der Waals surface area contributed by atoms with E-state index >= 15 is 0 Å². The molecule has 0 radical (unpaired) electrons. The molecule has 208 valence electrons. The van der Waals surface area contributed by atoms with Crippen molar-refractivity contribution in [2.75, 3.05) is 32.5 Å². The number of carbonyl (C=O) groups is 1. The number of amides is 1. The molecular weight excluding hydrogens is 510 g/mol. The van der Waals surface area contributed by atoms with Crippen LogP contribution >= 0.6 is 0 Å². The van der Waals surface area contributed by atoms with Crippen molar-refractivity contribution in [3.63, 3.8) is 0 Å². The molecule has 2 aromatic carbocycles. The van der Waals surface area contributed by atoms with E-state index < -0.39 is 15.9 Å². The van der Waals surface area contributed by atoms with Crippen LogP contribution in [0.2, 0.25) is 0 Å². The minimum absolute atomic E-state index is 0.0472. The Kier molecular flexibility index (Phi) is 7.42. The highest BCUT2D eigenvalue weighted by atomic mass is 32.2. The number of fused-ring (bicyclic) bond motifs is 4. The van der Waals surface area contributed by atoms with Crippen LogP contribution in [0, 0.1) is 5.92 Å². The molecule has 39 heavy (non-hydrogen) atoms. The molecule has 1 saturated carbocycles. The number of rotatable bonds is 1. The SMILES string of the molecule is CN1CCCCS(=O)(=O)NC(=O)c2ccc3c(C4CCCCC4)c4n(c3c2)C[C@H](CC1)COc1ccccc1-4. The normalized spacial score (nSPS) is 23.1. The Morgan fingerprint density at radius 3 is 2.62 bits per heavy atom. The molecule has 1 aromatic heterocycles. The molecule has 1 amide bonds. The second-order valence-electron chi connectivity index (χ2n) is 11.7. The zero-order chi connectivity index (χ0) is 27.0. The van der Waals surface area contributed by atoms with Crippen LogP contribution in [0.25, 0.3) is 22.2 Å². The monoisotopic (exact) mass is 549 g/mol. The molecule has 4 bridgehead atoms. The van der Waals surface area contributed by atoms with Crippen LogP contribution in [0.15, 0.2) is 42.5 Å². The molecule has 0 saturated heterocycles. The van der Waals surface area contributed by atoms with Crippen LogP contribution in [0.5, 0.6) is 5.75 Å². The number of sulfonamides is 1. The minimum atomic E-state index is -3.70. The smallest absolute Gasteiger partial charge is 0.264 e. The van der Waals surface area contributed by atoms with Gasteiger partial charge in [0, 0.05) is 34.5 Å². The lowest BCUT2D eigenvalue weighted by Gasteiger charge is -2.29. The summed E-state index contributed by atoms with van der Waals surface area (Å²) in [5, 5.41) is 1.17. The van der Waals surface area contributed by atoms with Gasteiger partial charge in [0.15, 0.2) is 0 Å². The molecule has 0 unspecified atom stereocenters. The largest absolute Gasteiger partial charge is 0.493 e. The molecule has 3 aromatic rings. The quantitative estimate of drug-likeness (QED) is 0.431. The van der Waals surface area contributed by atoms with E-state index in [-0.39, 0.29) is 5.75 Å². The highest BCUT2D eigenvalue weighted by Crippen LogP contribution is 2.47. The molecule has 3 heterocycles. The maximum Gasteiger partial charge on any atom is 0.264 e. The summed E-state index contributed by atoms with van der Waals surface area (Å²) in [6.07, 6.45) is 8.31. The average Bonchev–Trinajstić information content (AvgIpc) is 3.23. The van der Waals surface area contributed by atoms with Gasteiger partial charge in [-0.1, -0.05) is 37.5 Å². The number of hydrogen-bond donors (Lipinski definition) is 1. The predicted octanol–water partition coefficient (Wildman–Crippen LogP) is 5.54. The third-order valence-corrected chi connectivity index (χ3v) is 10.1. The Labute approximate surface area is 231 Å². The first-order chi connectivity index (χ1) is 18.9. The minimum Gasteiger partial charge on any atom is -0.493 e. The standard InChI is InChI=1S/C31H39N3O4S/c1-33-16-7-8-18-39(36,37)32-31(35)24-13-14-25-27(19-24)34-20-22(15-17-33)21-38-28-12-6-5-11-26(28)30(34)29(25)23-9-3-2-4-10-23/h5-6,11-14,19,22-23H,2-4,7-10,15-18,20-21H2,1H3,(H,32,35)/t22-/m0/s1. The zero-order valence-corrected chi connectivity index (χ0v) is 23.6. The third-order valence-electron chi connectivity index (χ3n) is 8.81. The summed E-state index contributed by atoms with van der Waals surface area (Å²) in [7, 11) is -1.60. The summed E-state index contributed by atoms with van der Waals surface area (Å²) < 4.78 is 36.6. The first kappa shape index (κ1) is 26.4. The van der Waals surface area contributed by atoms with Crippen molar-refractivity contribution in [1.29, 1.82) is 0 Å².